The second kappa shape index (κ2) is 7.31. The quantitative estimate of drug-likeness (QED) is 0.823. The van der Waals surface area contributed by atoms with Crippen molar-refractivity contribution in [1.29, 1.82) is 0 Å². The van der Waals surface area contributed by atoms with Crippen molar-refractivity contribution in [2.24, 2.45) is 5.73 Å². The highest BCUT2D eigenvalue weighted by Crippen LogP contribution is 2.18. The molecule has 1 unspecified atom stereocenters. The maximum Gasteiger partial charge on any atom is 0.279 e. The molecule has 0 aliphatic carbocycles. The molecule has 2 rings (SSSR count). The van der Waals surface area contributed by atoms with Crippen LogP contribution >= 0.6 is 0 Å². The van der Waals surface area contributed by atoms with E-state index in [0.717, 1.165) is 19.3 Å². The standard InChI is InChI=1S/C14H22FN3O2S/c15-14-7-2-1-5-12(14)8-9-17-21(19,20)18-10-4-3-6-13(18)11-16/h1-2,5,7,13,17H,3-4,6,8-11,16H2. The van der Waals surface area contributed by atoms with Crippen molar-refractivity contribution in [3.8, 4) is 0 Å². The van der Waals surface area contributed by atoms with Crippen LogP contribution in [0.25, 0.3) is 0 Å². The molecule has 5 nitrogen and oxygen atoms in total. The maximum atomic E-state index is 13.5. The molecule has 0 saturated carbocycles. The van der Waals surface area contributed by atoms with Crippen LogP contribution in [-0.2, 0) is 16.6 Å². The van der Waals surface area contributed by atoms with Gasteiger partial charge in [0, 0.05) is 25.7 Å². The van der Waals surface area contributed by atoms with Gasteiger partial charge in [0.2, 0.25) is 0 Å². The summed E-state index contributed by atoms with van der Waals surface area (Å²) in [6.07, 6.45) is 2.98. The summed E-state index contributed by atoms with van der Waals surface area (Å²) in [5, 5.41) is 0. The predicted octanol–water partition coefficient (Wildman–Crippen LogP) is 1.02. The Bertz CT molecular complexity index is 565. The third-order valence-electron chi connectivity index (χ3n) is 3.79. The average Bonchev–Trinajstić information content (AvgIpc) is 2.49. The van der Waals surface area contributed by atoms with Gasteiger partial charge in [0.1, 0.15) is 5.82 Å². The van der Waals surface area contributed by atoms with Gasteiger partial charge >= 0.3 is 0 Å². The summed E-state index contributed by atoms with van der Waals surface area (Å²) in [6, 6.07) is 6.25. The third-order valence-corrected chi connectivity index (χ3v) is 5.46. The van der Waals surface area contributed by atoms with Gasteiger partial charge in [-0.2, -0.15) is 12.7 Å². The van der Waals surface area contributed by atoms with Crippen LogP contribution in [0.2, 0.25) is 0 Å². The van der Waals surface area contributed by atoms with Gasteiger partial charge in [-0.15, -0.1) is 0 Å². The molecule has 1 saturated heterocycles. The van der Waals surface area contributed by atoms with E-state index in [1.165, 1.54) is 10.4 Å². The molecule has 1 heterocycles. The van der Waals surface area contributed by atoms with Gasteiger partial charge in [-0.05, 0) is 30.9 Å². The van der Waals surface area contributed by atoms with Crippen LogP contribution in [0.4, 0.5) is 4.39 Å². The normalized spacial score (nSPS) is 20.6. The first-order valence-corrected chi connectivity index (χ1v) is 8.68. The van der Waals surface area contributed by atoms with Gasteiger partial charge in [0.15, 0.2) is 0 Å². The smallest absolute Gasteiger partial charge is 0.279 e. The lowest BCUT2D eigenvalue weighted by molar-refractivity contribution is 0.254. The lowest BCUT2D eigenvalue weighted by Crippen LogP contribution is -2.51. The second-order valence-corrected chi connectivity index (χ2v) is 6.94. The van der Waals surface area contributed by atoms with Crippen LogP contribution in [0, 0.1) is 5.82 Å². The molecule has 1 atom stereocenters. The molecule has 1 aliphatic heterocycles. The number of hydrogen-bond donors (Lipinski definition) is 2. The van der Waals surface area contributed by atoms with E-state index in [1.807, 2.05) is 0 Å². The first kappa shape index (κ1) is 16.4. The van der Waals surface area contributed by atoms with Crippen LogP contribution in [0.1, 0.15) is 24.8 Å². The third kappa shape index (κ3) is 4.23. The van der Waals surface area contributed by atoms with Crippen LogP contribution in [0.3, 0.4) is 0 Å². The minimum absolute atomic E-state index is 0.135. The lowest BCUT2D eigenvalue weighted by atomic mass is 10.1. The summed E-state index contributed by atoms with van der Waals surface area (Å²) in [4.78, 5) is 0. The van der Waals surface area contributed by atoms with Gasteiger partial charge in [-0.1, -0.05) is 24.6 Å². The number of nitrogens with one attached hydrogen (secondary N) is 1. The fourth-order valence-corrected chi connectivity index (χ4v) is 4.10. The van der Waals surface area contributed by atoms with E-state index >= 15 is 0 Å². The molecular weight excluding hydrogens is 293 g/mol. The summed E-state index contributed by atoms with van der Waals surface area (Å²) in [5.41, 5.74) is 6.15. The van der Waals surface area contributed by atoms with Crippen LogP contribution in [0.5, 0.6) is 0 Å². The summed E-state index contributed by atoms with van der Waals surface area (Å²) in [6.45, 7) is 1.00. The molecule has 1 aromatic carbocycles. The molecule has 21 heavy (non-hydrogen) atoms. The van der Waals surface area contributed by atoms with Gasteiger partial charge in [-0.3, -0.25) is 0 Å². The average molecular weight is 315 g/mol. The van der Waals surface area contributed by atoms with Gasteiger partial charge in [0.05, 0.1) is 0 Å². The Morgan fingerprint density at radius 3 is 2.81 bits per heavy atom. The second-order valence-electron chi connectivity index (χ2n) is 5.24. The van der Waals surface area contributed by atoms with Crippen molar-refractivity contribution in [2.45, 2.75) is 31.7 Å². The Morgan fingerprint density at radius 2 is 2.10 bits per heavy atom. The lowest BCUT2D eigenvalue weighted by Gasteiger charge is -2.33. The largest absolute Gasteiger partial charge is 0.329 e. The molecule has 0 aromatic heterocycles. The van der Waals surface area contributed by atoms with E-state index in [9.17, 15) is 12.8 Å². The van der Waals surface area contributed by atoms with E-state index in [1.54, 1.807) is 18.2 Å². The summed E-state index contributed by atoms with van der Waals surface area (Å²) in [7, 11) is -3.55. The van der Waals surface area contributed by atoms with Crippen LogP contribution in [-0.4, -0.2) is 38.4 Å². The van der Waals surface area contributed by atoms with E-state index in [0.29, 0.717) is 25.1 Å². The fraction of sp³-hybridized carbons (Fsp3) is 0.571. The first-order chi connectivity index (χ1) is 10.0. The Hall–Kier alpha value is -1.02. The number of nitrogens with zero attached hydrogens (tertiary/aromatic N) is 1. The Balaban J connectivity index is 1.93. The van der Waals surface area contributed by atoms with Crippen molar-refractivity contribution < 1.29 is 12.8 Å². The van der Waals surface area contributed by atoms with E-state index < -0.39 is 10.2 Å². The number of benzene rings is 1. The van der Waals surface area contributed by atoms with Crippen LogP contribution < -0.4 is 10.5 Å². The molecule has 3 N–H and O–H groups in total. The molecule has 0 radical (unpaired) electrons. The van der Waals surface area contributed by atoms with E-state index in [-0.39, 0.29) is 18.4 Å². The van der Waals surface area contributed by atoms with Crippen molar-refractivity contribution >= 4 is 10.2 Å². The minimum atomic E-state index is -3.55. The van der Waals surface area contributed by atoms with E-state index in [4.69, 9.17) is 5.73 Å². The van der Waals surface area contributed by atoms with Gasteiger partial charge in [-0.25, -0.2) is 9.11 Å². The van der Waals surface area contributed by atoms with E-state index in [2.05, 4.69) is 4.72 Å². The Morgan fingerprint density at radius 1 is 1.33 bits per heavy atom. The predicted molar refractivity (Wildman–Crippen MR) is 80.4 cm³/mol. The number of nitrogens with two attached hydrogens (primary N) is 1. The van der Waals surface area contributed by atoms with Crippen molar-refractivity contribution in [1.82, 2.24) is 9.03 Å². The molecule has 1 aromatic rings. The first-order valence-electron chi connectivity index (χ1n) is 7.24. The minimum Gasteiger partial charge on any atom is -0.329 e. The highest BCUT2D eigenvalue weighted by atomic mass is 32.2. The molecular formula is C14H22FN3O2S. The van der Waals surface area contributed by atoms with Crippen molar-refractivity contribution in [2.75, 3.05) is 19.6 Å². The Labute approximate surface area is 125 Å². The molecule has 1 aliphatic rings. The van der Waals surface area contributed by atoms with Gasteiger partial charge in [0.25, 0.3) is 10.2 Å². The molecule has 0 bridgehead atoms. The van der Waals surface area contributed by atoms with Crippen molar-refractivity contribution in [3.05, 3.63) is 35.6 Å². The monoisotopic (exact) mass is 315 g/mol. The summed E-state index contributed by atoms with van der Waals surface area (Å²) < 4.78 is 42.1. The molecule has 118 valence electrons. The maximum absolute atomic E-state index is 13.5. The summed E-state index contributed by atoms with van der Waals surface area (Å²) >= 11 is 0. The topological polar surface area (TPSA) is 75.4 Å². The highest BCUT2D eigenvalue weighted by molar-refractivity contribution is 7.87. The highest BCUT2D eigenvalue weighted by Gasteiger charge is 2.30. The Kier molecular flexibility index (Phi) is 5.69. The van der Waals surface area contributed by atoms with Crippen molar-refractivity contribution in [3.63, 3.8) is 0 Å². The number of rotatable bonds is 6. The fourth-order valence-electron chi connectivity index (χ4n) is 2.62. The molecule has 0 amide bonds. The zero-order chi connectivity index (χ0) is 15.3. The number of hydrogen-bond acceptors (Lipinski definition) is 3. The molecule has 0 spiro atoms. The number of piperidine rings is 1. The summed E-state index contributed by atoms with van der Waals surface area (Å²) in [5.74, 6) is -0.311. The molecule has 1 fully saturated rings. The number of halogens is 1. The zero-order valence-corrected chi connectivity index (χ0v) is 12.8. The molecule has 7 heteroatoms. The SMILES string of the molecule is NCC1CCCCN1S(=O)(=O)NCCc1ccccc1F. The van der Waals surface area contributed by atoms with Crippen LogP contribution in [0.15, 0.2) is 24.3 Å². The van der Waals surface area contributed by atoms with Gasteiger partial charge < -0.3 is 5.73 Å². The zero-order valence-electron chi connectivity index (χ0n) is 12.0.